The summed E-state index contributed by atoms with van der Waals surface area (Å²) in [5.41, 5.74) is 1.98. The molecule has 3 heteroatoms. The van der Waals surface area contributed by atoms with Crippen molar-refractivity contribution in [2.45, 2.75) is 0 Å². The van der Waals surface area contributed by atoms with Crippen LogP contribution < -0.4 is 4.90 Å². The first kappa shape index (κ1) is 9.52. The summed E-state index contributed by atoms with van der Waals surface area (Å²) in [6.07, 6.45) is 3.49. The molecule has 15 heavy (non-hydrogen) atoms. The van der Waals surface area contributed by atoms with Crippen molar-refractivity contribution in [1.29, 1.82) is 0 Å². The third-order valence-electron chi connectivity index (χ3n) is 2.27. The Morgan fingerprint density at radius 1 is 1.07 bits per heavy atom. The van der Waals surface area contributed by atoms with Crippen LogP contribution in [-0.2, 0) is 0 Å². The summed E-state index contributed by atoms with van der Waals surface area (Å²) in [6, 6.07) is 11.0. The van der Waals surface area contributed by atoms with Gasteiger partial charge in [0.1, 0.15) is 5.75 Å². The minimum absolute atomic E-state index is 0.272. The average Bonchev–Trinajstić information content (AvgIpc) is 2.29. The molecule has 0 fully saturated rings. The van der Waals surface area contributed by atoms with Crippen molar-refractivity contribution in [2.75, 3.05) is 11.9 Å². The van der Waals surface area contributed by atoms with E-state index in [1.807, 2.05) is 36.2 Å². The fourth-order valence-corrected chi connectivity index (χ4v) is 1.42. The van der Waals surface area contributed by atoms with Gasteiger partial charge in [-0.1, -0.05) is 6.07 Å². The lowest BCUT2D eigenvalue weighted by Crippen LogP contribution is -2.08. The minimum atomic E-state index is 0.272. The SMILES string of the molecule is CN(c1ccncc1)c1cccc(O)c1. The lowest BCUT2D eigenvalue weighted by atomic mass is 10.2. The molecule has 1 aromatic carbocycles. The molecule has 0 aliphatic heterocycles. The first-order chi connectivity index (χ1) is 7.27. The summed E-state index contributed by atoms with van der Waals surface area (Å²) in [6.45, 7) is 0. The van der Waals surface area contributed by atoms with E-state index in [0.29, 0.717) is 0 Å². The smallest absolute Gasteiger partial charge is 0.117 e. The molecule has 1 heterocycles. The molecule has 2 rings (SSSR count). The van der Waals surface area contributed by atoms with Crippen LogP contribution in [0.3, 0.4) is 0 Å². The molecule has 0 radical (unpaired) electrons. The van der Waals surface area contributed by atoms with Crippen molar-refractivity contribution in [3.05, 3.63) is 48.8 Å². The molecule has 1 N–H and O–H groups in total. The Morgan fingerprint density at radius 3 is 2.47 bits per heavy atom. The number of phenols is 1. The topological polar surface area (TPSA) is 36.4 Å². The molecule has 0 spiro atoms. The van der Waals surface area contributed by atoms with Crippen LogP contribution in [0.5, 0.6) is 5.75 Å². The number of aromatic hydroxyl groups is 1. The van der Waals surface area contributed by atoms with E-state index in [1.54, 1.807) is 24.5 Å². The van der Waals surface area contributed by atoms with Gasteiger partial charge in [0, 0.05) is 36.9 Å². The van der Waals surface area contributed by atoms with Crippen LogP contribution in [0.25, 0.3) is 0 Å². The van der Waals surface area contributed by atoms with Gasteiger partial charge >= 0.3 is 0 Å². The molecule has 0 amide bonds. The highest BCUT2D eigenvalue weighted by Gasteiger charge is 2.03. The van der Waals surface area contributed by atoms with Crippen molar-refractivity contribution in [2.24, 2.45) is 0 Å². The highest BCUT2D eigenvalue weighted by molar-refractivity contribution is 5.63. The quantitative estimate of drug-likeness (QED) is 0.809. The van der Waals surface area contributed by atoms with Gasteiger partial charge in [-0.05, 0) is 24.3 Å². The van der Waals surface area contributed by atoms with Crippen LogP contribution in [0.4, 0.5) is 11.4 Å². The van der Waals surface area contributed by atoms with Gasteiger partial charge in [-0.2, -0.15) is 0 Å². The van der Waals surface area contributed by atoms with Crippen molar-refractivity contribution in [3.8, 4) is 5.75 Å². The summed E-state index contributed by atoms with van der Waals surface area (Å²) in [5, 5.41) is 9.37. The molecule has 0 saturated carbocycles. The third kappa shape index (κ3) is 2.07. The first-order valence-corrected chi connectivity index (χ1v) is 4.70. The molecule has 0 atom stereocenters. The number of anilines is 2. The Kier molecular flexibility index (Phi) is 2.54. The molecule has 1 aromatic heterocycles. The normalized spacial score (nSPS) is 9.93. The van der Waals surface area contributed by atoms with Gasteiger partial charge in [-0.15, -0.1) is 0 Å². The summed E-state index contributed by atoms with van der Waals surface area (Å²) in [4.78, 5) is 5.95. The van der Waals surface area contributed by atoms with Gasteiger partial charge in [-0.25, -0.2) is 0 Å². The summed E-state index contributed by atoms with van der Waals surface area (Å²) in [7, 11) is 1.95. The number of hydrogen-bond donors (Lipinski definition) is 1. The average molecular weight is 200 g/mol. The zero-order valence-corrected chi connectivity index (χ0v) is 8.46. The van der Waals surface area contributed by atoms with Crippen LogP contribution in [0.1, 0.15) is 0 Å². The number of pyridine rings is 1. The summed E-state index contributed by atoms with van der Waals surface area (Å²) >= 11 is 0. The van der Waals surface area contributed by atoms with E-state index in [2.05, 4.69) is 4.98 Å². The number of hydrogen-bond acceptors (Lipinski definition) is 3. The standard InChI is InChI=1S/C12H12N2O/c1-14(10-5-7-13-8-6-10)11-3-2-4-12(15)9-11/h2-9,15H,1H3. The predicted molar refractivity (Wildman–Crippen MR) is 60.4 cm³/mol. The molecule has 3 nitrogen and oxygen atoms in total. The third-order valence-corrected chi connectivity index (χ3v) is 2.27. The molecule has 0 saturated heterocycles. The van der Waals surface area contributed by atoms with E-state index in [1.165, 1.54) is 0 Å². The van der Waals surface area contributed by atoms with E-state index in [9.17, 15) is 5.11 Å². The van der Waals surface area contributed by atoms with Crippen molar-refractivity contribution in [1.82, 2.24) is 4.98 Å². The van der Waals surface area contributed by atoms with E-state index in [-0.39, 0.29) is 5.75 Å². The van der Waals surface area contributed by atoms with Crippen LogP contribution in [-0.4, -0.2) is 17.1 Å². The molecule has 0 aliphatic carbocycles. The van der Waals surface area contributed by atoms with Crippen molar-refractivity contribution < 1.29 is 5.11 Å². The molecule has 0 bridgehead atoms. The zero-order chi connectivity index (χ0) is 10.7. The van der Waals surface area contributed by atoms with Gasteiger partial charge in [0.25, 0.3) is 0 Å². The zero-order valence-electron chi connectivity index (χ0n) is 8.46. The number of rotatable bonds is 2. The largest absolute Gasteiger partial charge is 0.508 e. The second-order valence-corrected chi connectivity index (χ2v) is 3.28. The molecular formula is C12H12N2O. The number of aromatic nitrogens is 1. The van der Waals surface area contributed by atoms with E-state index in [4.69, 9.17) is 0 Å². The highest BCUT2D eigenvalue weighted by Crippen LogP contribution is 2.25. The molecular weight excluding hydrogens is 188 g/mol. The van der Waals surface area contributed by atoms with Crippen LogP contribution >= 0.6 is 0 Å². The Labute approximate surface area is 88.6 Å². The number of benzene rings is 1. The Balaban J connectivity index is 2.32. The van der Waals surface area contributed by atoms with Crippen molar-refractivity contribution in [3.63, 3.8) is 0 Å². The van der Waals surface area contributed by atoms with Crippen LogP contribution in [0.2, 0.25) is 0 Å². The lowest BCUT2D eigenvalue weighted by Gasteiger charge is -2.19. The molecule has 2 aromatic rings. The fourth-order valence-electron chi connectivity index (χ4n) is 1.42. The maximum absolute atomic E-state index is 9.37. The monoisotopic (exact) mass is 200 g/mol. The summed E-state index contributed by atoms with van der Waals surface area (Å²) in [5.74, 6) is 0.272. The first-order valence-electron chi connectivity index (χ1n) is 4.70. The van der Waals surface area contributed by atoms with Gasteiger partial charge in [0.2, 0.25) is 0 Å². The molecule has 0 aliphatic rings. The Morgan fingerprint density at radius 2 is 1.80 bits per heavy atom. The maximum atomic E-state index is 9.37. The Bertz CT molecular complexity index is 442. The predicted octanol–water partition coefficient (Wildman–Crippen LogP) is 2.56. The van der Waals surface area contributed by atoms with Crippen molar-refractivity contribution >= 4 is 11.4 Å². The van der Waals surface area contributed by atoms with E-state index in [0.717, 1.165) is 11.4 Å². The van der Waals surface area contributed by atoms with Crippen LogP contribution in [0, 0.1) is 0 Å². The second kappa shape index (κ2) is 4.00. The molecule has 0 unspecified atom stereocenters. The van der Waals surface area contributed by atoms with Gasteiger partial charge in [-0.3, -0.25) is 4.98 Å². The second-order valence-electron chi connectivity index (χ2n) is 3.28. The van der Waals surface area contributed by atoms with Gasteiger partial charge < -0.3 is 10.0 Å². The summed E-state index contributed by atoms with van der Waals surface area (Å²) < 4.78 is 0. The van der Waals surface area contributed by atoms with E-state index >= 15 is 0 Å². The minimum Gasteiger partial charge on any atom is -0.508 e. The lowest BCUT2D eigenvalue weighted by molar-refractivity contribution is 0.475. The fraction of sp³-hybridized carbons (Fsp3) is 0.0833. The Hall–Kier alpha value is -2.03. The maximum Gasteiger partial charge on any atom is 0.117 e. The molecule has 76 valence electrons. The number of phenolic OH excluding ortho intramolecular Hbond substituents is 1. The van der Waals surface area contributed by atoms with E-state index < -0.39 is 0 Å². The highest BCUT2D eigenvalue weighted by atomic mass is 16.3. The van der Waals surface area contributed by atoms with Crippen LogP contribution in [0.15, 0.2) is 48.8 Å². The number of nitrogens with zero attached hydrogens (tertiary/aromatic N) is 2. The van der Waals surface area contributed by atoms with Gasteiger partial charge in [0.15, 0.2) is 0 Å². The van der Waals surface area contributed by atoms with Gasteiger partial charge in [0.05, 0.1) is 0 Å².